The van der Waals surface area contributed by atoms with E-state index in [1.807, 2.05) is 12.1 Å². The Morgan fingerprint density at radius 1 is 0.889 bits per heavy atom. The molecular weight excluding hydrogens is 461 g/mol. The predicted octanol–water partition coefficient (Wildman–Crippen LogP) is 3.43. The van der Waals surface area contributed by atoms with E-state index >= 15 is 0 Å². The van der Waals surface area contributed by atoms with E-state index in [4.69, 9.17) is 9.47 Å². The predicted molar refractivity (Wildman–Crippen MR) is 136 cm³/mol. The van der Waals surface area contributed by atoms with Crippen LogP contribution in [0.15, 0.2) is 42.5 Å². The molecule has 2 fully saturated rings. The summed E-state index contributed by atoms with van der Waals surface area (Å²) in [4.78, 5) is 18.1. The third-order valence-electron chi connectivity index (χ3n) is 7.18. The van der Waals surface area contributed by atoms with Gasteiger partial charge in [-0.1, -0.05) is 12.1 Å². The number of amides is 1. The molecule has 3 heterocycles. The molecule has 2 aromatic carbocycles. The van der Waals surface area contributed by atoms with Gasteiger partial charge in [-0.15, -0.1) is 0 Å². The smallest absolute Gasteiger partial charge is 0.276 e. The highest BCUT2D eigenvalue weighted by atomic mass is 19.1. The van der Waals surface area contributed by atoms with E-state index in [0.717, 1.165) is 73.8 Å². The van der Waals surface area contributed by atoms with Gasteiger partial charge in [0.2, 0.25) is 0 Å². The molecule has 6 rings (SSSR count). The van der Waals surface area contributed by atoms with Crippen LogP contribution in [0, 0.1) is 5.82 Å². The van der Waals surface area contributed by atoms with Gasteiger partial charge < -0.3 is 24.6 Å². The monoisotopic (exact) mass is 491 g/mol. The second-order valence-corrected chi connectivity index (χ2v) is 9.35. The van der Waals surface area contributed by atoms with E-state index in [1.54, 1.807) is 22.9 Å². The van der Waals surface area contributed by atoms with Crippen LogP contribution in [0.1, 0.15) is 28.2 Å². The number of nitrogens with zero attached hydrogens (tertiary/aromatic N) is 4. The lowest BCUT2D eigenvalue weighted by Gasteiger charge is -2.33. The molecule has 0 atom stereocenters. The number of morpholine rings is 2. The molecule has 3 aliphatic rings. The maximum absolute atomic E-state index is 14.6. The number of aromatic nitrogens is 2. The fourth-order valence-corrected chi connectivity index (χ4v) is 5.33. The van der Waals surface area contributed by atoms with Gasteiger partial charge in [-0.05, 0) is 49.6 Å². The van der Waals surface area contributed by atoms with Crippen molar-refractivity contribution in [1.29, 1.82) is 0 Å². The lowest BCUT2D eigenvalue weighted by Crippen LogP contribution is -2.38. The summed E-state index contributed by atoms with van der Waals surface area (Å²) in [5.41, 5.74) is 5.40. The molecule has 0 saturated carbocycles. The van der Waals surface area contributed by atoms with Crippen LogP contribution in [-0.4, -0.2) is 68.3 Å². The second-order valence-electron chi connectivity index (χ2n) is 9.35. The Hall–Kier alpha value is -3.43. The van der Waals surface area contributed by atoms with Gasteiger partial charge in [-0.2, -0.15) is 5.10 Å². The zero-order chi connectivity index (χ0) is 24.5. The number of rotatable bonds is 5. The van der Waals surface area contributed by atoms with Crippen molar-refractivity contribution in [1.82, 2.24) is 9.78 Å². The molecule has 0 bridgehead atoms. The normalized spacial score (nSPS) is 17.8. The highest BCUT2D eigenvalue weighted by Crippen LogP contribution is 2.34. The van der Waals surface area contributed by atoms with Gasteiger partial charge in [0, 0.05) is 43.1 Å². The summed E-state index contributed by atoms with van der Waals surface area (Å²) in [6.07, 6.45) is 2.46. The van der Waals surface area contributed by atoms with Gasteiger partial charge in [0.1, 0.15) is 11.5 Å². The lowest BCUT2D eigenvalue weighted by atomic mass is 10.1. The number of halogens is 1. The fraction of sp³-hybridized carbons (Fsp3) is 0.407. The highest BCUT2D eigenvalue weighted by molar-refractivity contribution is 6.06. The second kappa shape index (κ2) is 9.91. The molecule has 1 aromatic heterocycles. The average Bonchev–Trinajstić information content (AvgIpc) is 3.54. The standard InChI is InChI=1S/C27H30FN5O3/c28-21-5-1-2-6-24(21)33-23-7-3-4-20(23)26(30-33)27(34)29-22-9-8-19(31-10-14-35-15-11-31)18-25(22)32-12-16-36-17-13-32/h1-2,5-6,8-9,18H,3-4,7,10-17H2,(H,29,34). The quantitative estimate of drug-likeness (QED) is 0.590. The zero-order valence-electron chi connectivity index (χ0n) is 20.2. The minimum absolute atomic E-state index is 0.267. The zero-order valence-corrected chi connectivity index (χ0v) is 20.2. The van der Waals surface area contributed by atoms with Crippen LogP contribution in [0.3, 0.4) is 0 Å². The van der Waals surface area contributed by atoms with Crippen LogP contribution in [0.25, 0.3) is 5.69 Å². The summed E-state index contributed by atoms with van der Waals surface area (Å²) in [5, 5.41) is 7.73. The Bertz CT molecular complexity index is 1260. The van der Waals surface area contributed by atoms with Crippen LogP contribution in [-0.2, 0) is 22.3 Å². The lowest BCUT2D eigenvalue weighted by molar-refractivity contribution is 0.102. The van der Waals surface area contributed by atoms with Crippen molar-refractivity contribution < 1.29 is 18.7 Å². The number of carbonyl (C=O) groups excluding carboxylic acids is 1. The number of benzene rings is 2. The number of nitrogens with one attached hydrogen (secondary N) is 1. The number of para-hydroxylation sites is 1. The maximum Gasteiger partial charge on any atom is 0.276 e. The van der Waals surface area contributed by atoms with Gasteiger partial charge in [0.05, 0.1) is 37.8 Å². The number of hydrogen-bond donors (Lipinski definition) is 1. The number of fused-ring (bicyclic) bond motifs is 1. The molecule has 188 valence electrons. The molecule has 2 saturated heterocycles. The molecule has 2 aliphatic heterocycles. The Kier molecular flexibility index (Phi) is 6.33. The largest absolute Gasteiger partial charge is 0.378 e. The van der Waals surface area contributed by atoms with Crippen LogP contribution >= 0.6 is 0 Å². The Morgan fingerprint density at radius 3 is 2.36 bits per heavy atom. The van der Waals surface area contributed by atoms with Crippen molar-refractivity contribution in [3.63, 3.8) is 0 Å². The molecule has 1 N–H and O–H groups in total. The van der Waals surface area contributed by atoms with Crippen LogP contribution < -0.4 is 15.1 Å². The first-order valence-electron chi connectivity index (χ1n) is 12.7. The number of carbonyl (C=O) groups is 1. The average molecular weight is 492 g/mol. The summed E-state index contributed by atoms with van der Waals surface area (Å²) < 4.78 is 27.2. The van der Waals surface area contributed by atoms with Gasteiger partial charge >= 0.3 is 0 Å². The molecular formula is C27H30FN5O3. The first kappa shape index (κ1) is 23.0. The molecule has 9 heteroatoms. The summed E-state index contributed by atoms with van der Waals surface area (Å²) in [6.45, 7) is 5.91. The van der Waals surface area contributed by atoms with Gasteiger partial charge in [-0.3, -0.25) is 4.79 Å². The molecule has 1 amide bonds. The van der Waals surface area contributed by atoms with E-state index in [1.165, 1.54) is 6.07 Å². The number of ether oxygens (including phenoxy) is 2. The summed E-state index contributed by atoms with van der Waals surface area (Å²) in [5.74, 6) is -0.619. The highest BCUT2D eigenvalue weighted by Gasteiger charge is 2.29. The number of hydrogen-bond acceptors (Lipinski definition) is 6. The molecule has 3 aromatic rings. The summed E-state index contributed by atoms with van der Waals surface area (Å²) in [6, 6.07) is 12.7. The van der Waals surface area contributed by atoms with Crippen molar-refractivity contribution >= 4 is 23.0 Å². The Balaban J connectivity index is 1.33. The Labute approximate surface area is 209 Å². The van der Waals surface area contributed by atoms with Gasteiger partial charge in [0.25, 0.3) is 5.91 Å². The van der Waals surface area contributed by atoms with E-state index in [-0.39, 0.29) is 11.7 Å². The minimum atomic E-state index is -0.352. The fourth-order valence-electron chi connectivity index (χ4n) is 5.33. The molecule has 36 heavy (non-hydrogen) atoms. The van der Waals surface area contributed by atoms with Gasteiger partial charge in [-0.25, -0.2) is 9.07 Å². The SMILES string of the molecule is O=C(Nc1ccc(N2CCOCC2)cc1N1CCOCC1)c1nn(-c2ccccc2F)c2c1CCC2. The van der Waals surface area contributed by atoms with Crippen molar-refractivity contribution in [2.45, 2.75) is 19.3 Å². The third kappa shape index (κ3) is 4.33. The van der Waals surface area contributed by atoms with Crippen molar-refractivity contribution in [3.05, 3.63) is 65.2 Å². The van der Waals surface area contributed by atoms with E-state index < -0.39 is 0 Å². The van der Waals surface area contributed by atoms with Crippen molar-refractivity contribution in [2.75, 3.05) is 67.7 Å². The molecule has 0 unspecified atom stereocenters. The first-order chi connectivity index (χ1) is 17.7. The van der Waals surface area contributed by atoms with Crippen LogP contribution in [0.4, 0.5) is 21.5 Å². The molecule has 0 spiro atoms. The molecule has 1 aliphatic carbocycles. The maximum atomic E-state index is 14.6. The molecule has 0 radical (unpaired) electrons. The van der Waals surface area contributed by atoms with E-state index in [2.05, 4.69) is 26.3 Å². The minimum Gasteiger partial charge on any atom is -0.378 e. The van der Waals surface area contributed by atoms with Crippen LogP contribution in [0.5, 0.6) is 0 Å². The number of anilines is 3. The summed E-state index contributed by atoms with van der Waals surface area (Å²) in [7, 11) is 0. The van der Waals surface area contributed by atoms with Gasteiger partial charge in [0.15, 0.2) is 5.69 Å². The van der Waals surface area contributed by atoms with E-state index in [0.29, 0.717) is 37.8 Å². The van der Waals surface area contributed by atoms with Crippen molar-refractivity contribution in [3.8, 4) is 5.69 Å². The Morgan fingerprint density at radius 2 is 1.61 bits per heavy atom. The third-order valence-corrected chi connectivity index (χ3v) is 7.18. The topological polar surface area (TPSA) is 71.9 Å². The molecule has 8 nitrogen and oxygen atoms in total. The van der Waals surface area contributed by atoms with E-state index in [9.17, 15) is 9.18 Å². The van der Waals surface area contributed by atoms with Crippen LogP contribution in [0.2, 0.25) is 0 Å². The summed E-state index contributed by atoms with van der Waals surface area (Å²) >= 11 is 0. The van der Waals surface area contributed by atoms with Crippen molar-refractivity contribution in [2.24, 2.45) is 0 Å². The first-order valence-corrected chi connectivity index (χ1v) is 12.7.